The third-order valence-corrected chi connectivity index (χ3v) is 11.8. The lowest BCUT2D eigenvalue weighted by Crippen LogP contribution is -2.31. The zero-order chi connectivity index (χ0) is 28.8. The Labute approximate surface area is 262 Å². The minimum atomic E-state index is -0.0248. The van der Waals surface area contributed by atoms with Crippen LogP contribution in [0.5, 0.6) is 0 Å². The molecule has 0 saturated heterocycles. The summed E-state index contributed by atoms with van der Waals surface area (Å²) in [5.74, 6) is 0. The molecule has 3 aliphatic rings. The van der Waals surface area contributed by atoms with Gasteiger partial charge in [-0.15, -0.1) is 11.3 Å². The van der Waals surface area contributed by atoms with E-state index in [9.17, 15) is 0 Å². The van der Waals surface area contributed by atoms with Crippen LogP contribution in [-0.2, 0) is 24.7 Å². The van der Waals surface area contributed by atoms with Gasteiger partial charge in [0.05, 0.1) is 0 Å². The molecule has 6 aromatic carbocycles. The molecule has 0 N–H and O–H groups in total. The number of aryl methyl sites for hydroxylation is 1. The number of thiophene rings is 1. The molecule has 1 spiro atoms. The first kappa shape index (κ1) is 24.7. The summed E-state index contributed by atoms with van der Waals surface area (Å²) in [5.41, 5.74) is 15.5. The molecular weight excluding hydrogens is 549 g/mol. The highest BCUT2D eigenvalue weighted by molar-refractivity contribution is 7.20. The molecule has 1 heterocycles. The number of fused-ring (bicyclic) bond motifs is 8. The van der Waals surface area contributed by atoms with E-state index in [2.05, 4.69) is 133 Å². The maximum Gasteiger partial charge on any atom is 0.0430 e. The lowest BCUT2D eigenvalue weighted by Gasteiger charge is -2.38. The number of rotatable bonds is 2. The molecule has 0 saturated carbocycles. The van der Waals surface area contributed by atoms with Gasteiger partial charge in [0.1, 0.15) is 0 Å². The first-order chi connectivity index (χ1) is 21.8. The van der Waals surface area contributed by atoms with Crippen LogP contribution in [0.2, 0.25) is 0 Å². The van der Waals surface area contributed by atoms with Crippen LogP contribution in [-0.4, -0.2) is 0 Å². The summed E-state index contributed by atoms with van der Waals surface area (Å²) in [5, 5.41) is 4.22. The van der Waals surface area contributed by atoms with Crippen molar-refractivity contribution < 1.29 is 0 Å². The van der Waals surface area contributed by atoms with Crippen molar-refractivity contribution in [3.63, 3.8) is 0 Å². The predicted molar refractivity (Wildman–Crippen MR) is 188 cm³/mol. The normalized spacial score (nSPS) is 15.5. The quantitative estimate of drug-likeness (QED) is 0.191. The molecule has 10 rings (SSSR count). The van der Waals surface area contributed by atoms with E-state index in [-0.39, 0.29) is 5.41 Å². The first-order valence-electron chi connectivity index (χ1n) is 15.8. The number of benzene rings is 6. The fourth-order valence-electron chi connectivity index (χ4n) is 8.61. The summed E-state index contributed by atoms with van der Waals surface area (Å²) in [6.45, 7) is 0. The molecular formula is C43H30S. The first-order valence-corrected chi connectivity index (χ1v) is 16.6. The minimum Gasteiger partial charge on any atom is -0.135 e. The van der Waals surface area contributed by atoms with Crippen LogP contribution in [0.1, 0.15) is 39.1 Å². The van der Waals surface area contributed by atoms with Crippen molar-refractivity contribution in [3.05, 3.63) is 160 Å². The van der Waals surface area contributed by atoms with Crippen molar-refractivity contribution in [2.24, 2.45) is 0 Å². The van der Waals surface area contributed by atoms with Crippen LogP contribution < -0.4 is 0 Å². The largest absolute Gasteiger partial charge is 0.135 e. The van der Waals surface area contributed by atoms with Gasteiger partial charge in [-0.25, -0.2) is 0 Å². The van der Waals surface area contributed by atoms with Crippen LogP contribution >= 0.6 is 11.3 Å². The maximum absolute atomic E-state index is 2.41. The van der Waals surface area contributed by atoms with Gasteiger partial charge in [-0.1, -0.05) is 127 Å². The molecule has 0 radical (unpaired) electrons. The van der Waals surface area contributed by atoms with E-state index in [1.165, 1.54) is 86.9 Å². The Balaban J connectivity index is 1.13. The van der Waals surface area contributed by atoms with Crippen LogP contribution in [0.15, 0.2) is 127 Å². The highest BCUT2D eigenvalue weighted by Crippen LogP contribution is 2.55. The van der Waals surface area contributed by atoms with Gasteiger partial charge in [0.25, 0.3) is 0 Å². The second-order valence-corrected chi connectivity index (χ2v) is 13.8. The van der Waals surface area contributed by atoms with E-state index in [1.54, 1.807) is 0 Å². The van der Waals surface area contributed by atoms with Crippen LogP contribution in [0, 0.1) is 0 Å². The molecule has 44 heavy (non-hydrogen) atoms. The smallest absolute Gasteiger partial charge is 0.0430 e. The number of hydrogen-bond donors (Lipinski definition) is 0. The summed E-state index contributed by atoms with van der Waals surface area (Å²) in [7, 11) is 0. The van der Waals surface area contributed by atoms with E-state index in [1.807, 2.05) is 11.3 Å². The van der Waals surface area contributed by atoms with Crippen LogP contribution in [0.25, 0.3) is 60.3 Å². The fraction of sp³-hybridized carbons (Fsp3) is 0.116. The predicted octanol–water partition coefficient (Wildman–Crippen LogP) is 11.4. The SMILES string of the molecule is C1=Cc2sc3c(-c4ccc(-c5ccc6c7c(cccc57)C5(Cc7ccccc7C5)c5ccccc5-6)cc4)cccc3c2CC1. The number of hydrogen-bond acceptors (Lipinski definition) is 1. The third kappa shape index (κ3) is 3.34. The molecule has 0 aliphatic heterocycles. The van der Waals surface area contributed by atoms with Crippen molar-refractivity contribution in [2.45, 2.75) is 31.1 Å². The van der Waals surface area contributed by atoms with Crippen molar-refractivity contribution in [1.82, 2.24) is 0 Å². The van der Waals surface area contributed by atoms with Crippen LogP contribution in [0.3, 0.4) is 0 Å². The van der Waals surface area contributed by atoms with Gasteiger partial charge in [-0.05, 0) is 109 Å². The second kappa shape index (κ2) is 9.14. The molecule has 208 valence electrons. The highest BCUT2D eigenvalue weighted by atomic mass is 32.1. The maximum atomic E-state index is 2.41. The summed E-state index contributed by atoms with van der Waals surface area (Å²) >= 11 is 1.95. The lowest BCUT2D eigenvalue weighted by molar-refractivity contribution is 0.552. The average molecular weight is 579 g/mol. The molecule has 3 aliphatic carbocycles. The molecule has 0 nitrogen and oxygen atoms in total. The summed E-state index contributed by atoms with van der Waals surface area (Å²) in [6, 6.07) is 46.2. The van der Waals surface area contributed by atoms with Gasteiger partial charge < -0.3 is 0 Å². The molecule has 0 fully saturated rings. The minimum absolute atomic E-state index is 0.0248. The van der Waals surface area contributed by atoms with Gasteiger partial charge >= 0.3 is 0 Å². The molecule has 1 heteroatoms. The molecule has 0 amide bonds. The second-order valence-electron chi connectivity index (χ2n) is 12.8. The van der Waals surface area contributed by atoms with E-state index in [0.29, 0.717) is 0 Å². The van der Waals surface area contributed by atoms with E-state index >= 15 is 0 Å². The summed E-state index contributed by atoms with van der Waals surface area (Å²) in [4.78, 5) is 1.43. The van der Waals surface area contributed by atoms with Crippen molar-refractivity contribution in [3.8, 4) is 33.4 Å². The Morgan fingerprint density at radius 1 is 0.523 bits per heavy atom. The van der Waals surface area contributed by atoms with Crippen LogP contribution in [0.4, 0.5) is 0 Å². The van der Waals surface area contributed by atoms with Crippen molar-refractivity contribution in [1.29, 1.82) is 0 Å². The van der Waals surface area contributed by atoms with E-state index in [0.717, 1.165) is 25.7 Å². The average Bonchev–Trinajstić information content (AvgIpc) is 3.67. The zero-order valence-electron chi connectivity index (χ0n) is 24.4. The topological polar surface area (TPSA) is 0 Å². The van der Waals surface area contributed by atoms with Crippen molar-refractivity contribution >= 4 is 38.3 Å². The number of allylic oxidation sites excluding steroid dienone is 1. The van der Waals surface area contributed by atoms with Gasteiger partial charge in [0.15, 0.2) is 0 Å². The van der Waals surface area contributed by atoms with Gasteiger partial charge in [-0.3, -0.25) is 0 Å². The molecule has 1 aromatic heterocycles. The molecule has 0 bridgehead atoms. The Bertz CT molecular complexity index is 2300. The lowest BCUT2D eigenvalue weighted by atomic mass is 9.64. The third-order valence-electron chi connectivity index (χ3n) is 10.6. The highest BCUT2D eigenvalue weighted by Gasteiger charge is 2.45. The summed E-state index contributed by atoms with van der Waals surface area (Å²) < 4.78 is 1.42. The molecule has 0 atom stereocenters. The van der Waals surface area contributed by atoms with Crippen molar-refractivity contribution in [2.75, 3.05) is 0 Å². The monoisotopic (exact) mass is 578 g/mol. The van der Waals surface area contributed by atoms with E-state index < -0.39 is 0 Å². The molecule has 0 unspecified atom stereocenters. The Morgan fingerprint density at radius 2 is 1.18 bits per heavy atom. The van der Waals surface area contributed by atoms with Gasteiger partial charge in [0, 0.05) is 15.0 Å². The Morgan fingerprint density at radius 3 is 2.02 bits per heavy atom. The Kier molecular flexibility index (Phi) is 5.13. The summed E-state index contributed by atoms with van der Waals surface area (Å²) in [6.07, 6.45) is 9.05. The van der Waals surface area contributed by atoms with Gasteiger partial charge in [-0.2, -0.15) is 0 Å². The van der Waals surface area contributed by atoms with Gasteiger partial charge in [0.2, 0.25) is 0 Å². The molecule has 7 aromatic rings. The van der Waals surface area contributed by atoms with E-state index in [4.69, 9.17) is 0 Å². The standard InChI is InChI=1S/C43H30S/c1-2-10-30-26-43(25-29(30)9-1)38-16-5-3-11-33(38)36-24-23-31(35-14-8-17-39(43)41(35)36)27-19-21-28(22-20-27)32-13-7-15-37-34-12-4-6-18-40(34)44-42(32)37/h1-3,5-11,13-24H,4,12,25-26H2. The zero-order valence-corrected chi connectivity index (χ0v) is 25.3. The fourth-order valence-corrected chi connectivity index (χ4v) is 9.93. The Hall–Kier alpha value is -4.72.